The van der Waals surface area contributed by atoms with E-state index in [1.165, 1.54) is 0 Å². The zero-order valence-corrected chi connectivity index (χ0v) is 8.88. The van der Waals surface area contributed by atoms with Crippen molar-refractivity contribution >= 4 is 5.82 Å². The lowest BCUT2D eigenvalue weighted by Gasteiger charge is -2.12. The summed E-state index contributed by atoms with van der Waals surface area (Å²) in [6.07, 6.45) is 1.78. The van der Waals surface area contributed by atoms with Crippen LogP contribution in [0.25, 0.3) is 0 Å². The molecule has 15 heavy (non-hydrogen) atoms. The zero-order valence-electron chi connectivity index (χ0n) is 8.88. The highest BCUT2D eigenvalue weighted by Crippen LogP contribution is 2.18. The minimum absolute atomic E-state index is 0.0694. The average Bonchev–Trinajstić information content (AvgIpc) is 2.58. The van der Waals surface area contributed by atoms with Crippen LogP contribution in [0.1, 0.15) is 24.4 Å². The molecule has 78 valence electrons. The summed E-state index contributed by atoms with van der Waals surface area (Å²) >= 11 is 0. The molecule has 0 aliphatic heterocycles. The predicted octanol–water partition coefficient (Wildman–Crippen LogP) is 1.78. The van der Waals surface area contributed by atoms with Gasteiger partial charge in [-0.2, -0.15) is 5.10 Å². The molecule has 2 aromatic rings. The van der Waals surface area contributed by atoms with Crippen LogP contribution in [-0.4, -0.2) is 14.8 Å². The van der Waals surface area contributed by atoms with Gasteiger partial charge in [-0.15, -0.1) is 0 Å². The van der Waals surface area contributed by atoms with E-state index in [9.17, 15) is 0 Å². The molecule has 2 N–H and O–H groups in total. The van der Waals surface area contributed by atoms with Gasteiger partial charge >= 0.3 is 0 Å². The number of hydrogen-bond acceptors (Lipinski definition) is 3. The van der Waals surface area contributed by atoms with E-state index < -0.39 is 0 Å². The molecule has 0 radical (unpaired) electrons. The number of pyridine rings is 1. The minimum atomic E-state index is 0.0694. The van der Waals surface area contributed by atoms with Crippen molar-refractivity contribution in [3.63, 3.8) is 0 Å². The largest absolute Gasteiger partial charge is 0.384 e. The Labute approximate surface area is 88.8 Å². The number of nitrogens with two attached hydrogens (primary N) is 1. The summed E-state index contributed by atoms with van der Waals surface area (Å²) in [5.41, 5.74) is 7.74. The maximum atomic E-state index is 5.85. The molecule has 0 aromatic carbocycles. The highest BCUT2D eigenvalue weighted by atomic mass is 15.3. The summed E-state index contributed by atoms with van der Waals surface area (Å²) in [6, 6.07) is 7.76. The Morgan fingerprint density at radius 3 is 2.73 bits per heavy atom. The van der Waals surface area contributed by atoms with Gasteiger partial charge in [0.25, 0.3) is 0 Å². The Morgan fingerprint density at radius 1 is 1.40 bits per heavy atom. The number of anilines is 1. The van der Waals surface area contributed by atoms with E-state index in [0.29, 0.717) is 5.82 Å². The highest BCUT2D eigenvalue weighted by Gasteiger charge is 2.12. The van der Waals surface area contributed by atoms with Crippen LogP contribution >= 0.6 is 0 Å². The maximum absolute atomic E-state index is 5.85. The lowest BCUT2D eigenvalue weighted by molar-refractivity contribution is 0.556. The number of nitrogen functional groups attached to an aromatic ring is 1. The second-order valence-corrected chi connectivity index (χ2v) is 3.59. The predicted molar refractivity (Wildman–Crippen MR) is 59.4 cm³/mol. The van der Waals surface area contributed by atoms with Crippen LogP contribution in [0, 0.1) is 6.92 Å². The number of hydrogen-bond donors (Lipinski definition) is 1. The molecular formula is C11H14N4. The van der Waals surface area contributed by atoms with Crippen LogP contribution in [0.2, 0.25) is 0 Å². The van der Waals surface area contributed by atoms with Crippen LogP contribution in [-0.2, 0) is 0 Å². The summed E-state index contributed by atoms with van der Waals surface area (Å²) in [4.78, 5) is 4.29. The molecule has 2 rings (SSSR count). The molecule has 0 saturated carbocycles. The summed E-state index contributed by atoms with van der Waals surface area (Å²) in [5.74, 6) is 0.672. The van der Waals surface area contributed by atoms with Gasteiger partial charge in [0.15, 0.2) is 0 Å². The SMILES string of the molecule is Cc1cc(N)n(C(C)c2ccccn2)n1. The third-order valence-electron chi connectivity index (χ3n) is 2.37. The van der Waals surface area contributed by atoms with Gasteiger partial charge in [0.05, 0.1) is 17.4 Å². The number of nitrogens with zero attached hydrogens (tertiary/aromatic N) is 3. The molecule has 0 saturated heterocycles. The van der Waals surface area contributed by atoms with Gasteiger partial charge < -0.3 is 5.73 Å². The summed E-state index contributed by atoms with van der Waals surface area (Å²) in [6.45, 7) is 3.96. The van der Waals surface area contributed by atoms with Crippen molar-refractivity contribution in [2.45, 2.75) is 19.9 Å². The number of aryl methyl sites for hydroxylation is 1. The average molecular weight is 202 g/mol. The zero-order chi connectivity index (χ0) is 10.8. The maximum Gasteiger partial charge on any atom is 0.122 e. The molecule has 0 amide bonds. The van der Waals surface area contributed by atoms with E-state index in [4.69, 9.17) is 5.73 Å². The Bertz CT molecular complexity index is 447. The molecule has 1 atom stereocenters. The standard InChI is InChI=1S/C11H14N4/c1-8-7-11(12)15(14-8)9(2)10-5-3-4-6-13-10/h3-7,9H,12H2,1-2H3. The Hall–Kier alpha value is -1.84. The van der Waals surface area contributed by atoms with E-state index in [1.54, 1.807) is 10.9 Å². The molecule has 2 aromatic heterocycles. The van der Waals surface area contributed by atoms with Crippen molar-refractivity contribution < 1.29 is 0 Å². The van der Waals surface area contributed by atoms with Gasteiger partial charge in [0.2, 0.25) is 0 Å². The van der Waals surface area contributed by atoms with Crippen LogP contribution in [0.5, 0.6) is 0 Å². The summed E-state index contributed by atoms with van der Waals surface area (Å²) < 4.78 is 1.79. The lowest BCUT2D eigenvalue weighted by atomic mass is 10.2. The van der Waals surface area contributed by atoms with Gasteiger partial charge in [-0.25, -0.2) is 4.68 Å². The fourth-order valence-corrected chi connectivity index (χ4v) is 1.60. The van der Waals surface area contributed by atoms with Crippen LogP contribution in [0.3, 0.4) is 0 Å². The first-order valence-electron chi connectivity index (χ1n) is 4.91. The highest BCUT2D eigenvalue weighted by molar-refractivity contribution is 5.32. The second-order valence-electron chi connectivity index (χ2n) is 3.59. The molecule has 4 nitrogen and oxygen atoms in total. The Kier molecular flexibility index (Phi) is 2.41. The van der Waals surface area contributed by atoms with Gasteiger partial charge in [0.1, 0.15) is 5.82 Å². The summed E-state index contributed by atoms with van der Waals surface area (Å²) in [5, 5.41) is 4.34. The molecule has 0 aliphatic rings. The minimum Gasteiger partial charge on any atom is -0.384 e. The van der Waals surface area contributed by atoms with Gasteiger partial charge in [-0.3, -0.25) is 4.98 Å². The molecule has 1 unspecified atom stereocenters. The van der Waals surface area contributed by atoms with Crippen molar-refractivity contribution in [1.29, 1.82) is 0 Å². The van der Waals surface area contributed by atoms with E-state index in [2.05, 4.69) is 10.1 Å². The van der Waals surface area contributed by atoms with Crippen molar-refractivity contribution in [1.82, 2.24) is 14.8 Å². The van der Waals surface area contributed by atoms with Crippen molar-refractivity contribution in [2.24, 2.45) is 0 Å². The smallest absolute Gasteiger partial charge is 0.122 e. The molecule has 0 bridgehead atoms. The molecule has 2 heterocycles. The second kappa shape index (κ2) is 3.73. The first kappa shape index (κ1) is 9.71. The van der Waals surface area contributed by atoms with E-state index in [1.807, 2.05) is 38.1 Å². The van der Waals surface area contributed by atoms with Crippen LogP contribution in [0.4, 0.5) is 5.82 Å². The monoisotopic (exact) mass is 202 g/mol. The first-order valence-corrected chi connectivity index (χ1v) is 4.91. The van der Waals surface area contributed by atoms with Crippen LogP contribution in [0.15, 0.2) is 30.5 Å². The molecule has 0 aliphatic carbocycles. The molecule has 0 fully saturated rings. The molecule has 0 spiro atoms. The lowest BCUT2D eigenvalue weighted by Crippen LogP contribution is -2.12. The van der Waals surface area contributed by atoms with E-state index in [0.717, 1.165) is 11.4 Å². The van der Waals surface area contributed by atoms with Crippen LogP contribution < -0.4 is 5.73 Å². The Balaban J connectivity index is 2.36. The van der Waals surface area contributed by atoms with Gasteiger partial charge in [-0.1, -0.05) is 6.07 Å². The number of rotatable bonds is 2. The quantitative estimate of drug-likeness (QED) is 0.807. The van der Waals surface area contributed by atoms with E-state index in [-0.39, 0.29) is 6.04 Å². The summed E-state index contributed by atoms with van der Waals surface area (Å²) in [7, 11) is 0. The first-order chi connectivity index (χ1) is 7.18. The van der Waals surface area contributed by atoms with Gasteiger partial charge in [0, 0.05) is 12.3 Å². The fraction of sp³-hybridized carbons (Fsp3) is 0.273. The topological polar surface area (TPSA) is 56.7 Å². The van der Waals surface area contributed by atoms with Crippen molar-refractivity contribution in [3.8, 4) is 0 Å². The fourth-order valence-electron chi connectivity index (χ4n) is 1.60. The molecule has 4 heteroatoms. The van der Waals surface area contributed by atoms with Gasteiger partial charge in [-0.05, 0) is 26.0 Å². The van der Waals surface area contributed by atoms with E-state index >= 15 is 0 Å². The normalized spacial score (nSPS) is 12.7. The van der Waals surface area contributed by atoms with Crippen molar-refractivity contribution in [2.75, 3.05) is 5.73 Å². The molecular weight excluding hydrogens is 188 g/mol. The number of aromatic nitrogens is 3. The third kappa shape index (κ3) is 1.83. The third-order valence-corrected chi connectivity index (χ3v) is 2.37. The Morgan fingerprint density at radius 2 is 2.20 bits per heavy atom. The van der Waals surface area contributed by atoms with Crippen molar-refractivity contribution in [3.05, 3.63) is 41.9 Å².